The molecule has 2 aromatic rings. The van der Waals surface area contributed by atoms with Crippen LogP contribution in [-0.4, -0.2) is 11.7 Å². The fraction of sp³-hybridized carbons (Fsp3) is 0.200. The maximum Gasteiger partial charge on any atom is 0.0723 e. The fourth-order valence-electron chi connectivity index (χ4n) is 1.73. The van der Waals surface area contributed by atoms with Gasteiger partial charge in [-0.1, -0.05) is 0 Å². The Labute approximate surface area is 92.1 Å². The van der Waals surface area contributed by atoms with Gasteiger partial charge in [-0.25, -0.2) is 9.22 Å². The molecule has 4 nitrogen and oxygen atoms in total. The summed E-state index contributed by atoms with van der Waals surface area (Å²) in [6, 6.07) is 5.91. The van der Waals surface area contributed by atoms with E-state index < -0.39 is 12.0 Å². The van der Waals surface area contributed by atoms with Crippen molar-refractivity contribution in [3.63, 3.8) is 0 Å². The molecule has 0 atom stereocenters. The molecule has 0 spiro atoms. The van der Waals surface area contributed by atoms with Crippen molar-refractivity contribution in [1.29, 1.82) is 0 Å². The van der Waals surface area contributed by atoms with Gasteiger partial charge in [-0.05, 0) is 18.2 Å². The molecule has 0 aliphatic rings. The monoisotopic (exact) mass is 228 g/mol. The van der Waals surface area contributed by atoms with Crippen molar-refractivity contribution in [1.82, 2.24) is 4.57 Å². The largest absolute Gasteiger partial charge is 0.399 e. The number of aryl methyl sites for hydroxylation is 1. The number of nitrogen functional groups attached to an aromatic ring is 1. The standard InChI is InChI=1S/C10H16N2O2S/c1-12-6-10(15-14-13-2)8-5-7(11)3-4-9(8)12/h3-6H,11H2,1-2H3,15H4. The van der Waals surface area contributed by atoms with Crippen molar-refractivity contribution in [2.75, 3.05) is 12.8 Å². The molecule has 0 unspecified atom stereocenters. The third-order valence-electron chi connectivity index (χ3n) is 2.43. The van der Waals surface area contributed by atoms with Crippen molar-refractivity contribution >= 4 is 28.6 Å². The Morgan fingerprint density at radius 2 is 2.20 bits per heavy atom. The Balaban J connectivity index is 2.49. The van der Waals surface area contributed by atoms with Gasteiger partial charge in [0.15, 0.2) is 0 Å². The van der Waals surface area contributed by atoms with Crippen LogP contribution in [0.1, 0.15) is 0 Å². The number of aromatic nitrogens is 1. The zero-order valence-electron chi connectivity index (χ0n) is 8.86. The van der Waals surface area contributed by atoms with Crippen molar-refractivity contribution in [2.45, 2.75) is 4.90 Å². The van der Waals surface area contributed by atoms with E-state index in [1.54, 1.807) is 0 Å². The summed E-state index contributed by atoms with van der Waals surface area (Å²) >= 11 is -0.827. The lowest BCUT2D eigenvalue weighted by Gasteiger charge is -2.03. The van der Waals surface area contributed by atoms with E-state index in [1.165, 1.54) is 22.9 Å². The number of rotatable bonds is 3. The molecule has 0 saturated heterocycles. The van der Waals surface area contributed by atoms with Crippen LogP contribution in [0.5, 0.6) is 0 Å². The molecule has 0 fully saturated rings. The molecule has 84 valence electrons. The predicted molar refractivity (Wildman–Crippen MR) is 66.9 cm³/mol. The molecular formula is C10H16N2O2S. The summed E-state index contributed by atoms with van der Waals surface area (Å²) in [4.78, 5) is 5.87. The van der Waals surface area contributed by atoms with E-state index >= 15 is 0 Å². The average molecular weight is 228 g/mol. The van der Waals surface area contributed by atoms with Crippen LogP contribution in [0.3, 0.4) is 0 Å². The summed E-state index contributed by atoms with van der Waals surface area (Å²) in [6.07, 6.45) is 2.08. The Hall–Kier alpha value is -1.17. The minimum absolute atomic E-state index is 0.779. The molecule has 0 amide bonds. The summed E-state index contributed by atoms with van der Waals surface area (Å²) in [5, 5.41) is 1.17. The van der Waals surface area contributed by atoms with E-state index in [0.29, 0.717) is 0 Å². The third-order valence-corrected chi connectivity index (χ3v) is 3.66. The first-order valence-electron chi connectivity index (χ1n) is 4.71. The Bertz CT molecular complexity index is 481. The minimum atomic E-state index is -0.827. The predicted octanol–water partition coefficient (Wildman–Crippen LogP) is 1.27. The SMILES string of the molecule is COO[SH4]c1cn(C)c2ccc(N)cc12. The van der Waals surface area contributed by atoms with Crippen LogP contribution < -0.4 is 5.73 Å². The van der Waals surface area contributed by atoms with Gasteiger partial charge >= 0.3 is 0 Å². The number of nitrogens with two attached hydrogens (primary N) is 1. The van der Waals surface area contributed by atoms with Crippen LogP contribution in [0.4, 0.5) is 5.69 Å². The highest BCUT2D eigenvalue weighted by atomic mass is 32.2. The minimum Gasteiger partial charge on any atom is -0.399 e. The Morgan fingerprint density at radius 1 is 1.40 bits per heavy atom. The van der Waals surface area contributed by atoms with Gasteiger partial charge in [0.2, 0.25) is 0 Å². The van der Waals surface area contributed by atoms with E-state index in [-0.39, 0.29) is 0 Å². The molecule has 15 heavy (non-hydrogen) atoms. The molecule has 5 heteroatoms. The molecule has 1 heterocycles. The zero-order chi connectivity index (χ0) is 10.8. The van der Waals surface area contributed by atoms with Crippen LogP contribution in [0.15, 0.2) is 29.3 Å². The first-order chi connectivity index (χ1) is 7.22. The van der Waals surface area contributed by atoms with Gasteiger partial charge in [0.05, 0.1) is 7.11 Å². The highest BCUT2D eigenvalue weighted by Gasteiger charge is 2.04. The van der Waals surface area contributed by atoms with Crippen molar-refractivity contribution < 1.29 is 9.22 Å². The normalized spacial score (nSPS) is 11.3. The van der Waals surface area contributed by atoms with E-state index in [0.717, 1.165) is 5.69 Å². The maximum atomic E-state index is 5.76. The Kier molecular flexibility index (Phi) is 2.86. The van der Waals surface area contributed by atoms with Gasteiger partial charge in [-0.2, -0.15) is 12.0 Å². The quantitative estimate of drug-likeness (QED) is 0.489. The summed E-state index contributed by atoms with van der Waals surface area (Å²) in [6.45, 7) is 0. The number of anilines is 1. The summed E-state index contributed by atoms with van der Waals surface area (Å²) in [7, 11) is 3.55. The van der Waals surface area contributed by atoms with Crippen molar-refractivity contribution in [2.24, 2.45) is 7.05 Å². The summed E-state index contributed by atoms with van der Waals surface area (Å²) in [5.41, 5.74) is 7.72. The van der Waals surface area contributed by atoms with Gasteiger partial charge in [0.1, 0.15) is 0 Å². The third kappa shape index (κ3) is 1.94. The lowest BCUT2D eigenvalue weighted by molar-refractivity contribution is -0.160. The second kappa shape index (κ2) is 4.14. The van der Waals surface area contributed by atoms with Gasteiger partial charge in [-0.3, -0.25) is 0 Å². The highest BCUT2D eigenvalue weighted by molar-refractivity contribution is 7.94. The van der Waals surface area contributed by atoms with Crippen molar-refractivity contribution in [3.05, 3.63) is 24.4 Å². The molecule has 0 saturated carbocycles. The van der Waals surface area contributed by atoms with Crippen LogP contribution in [-0.2, 0) is 16.3 Å². The number of fused-ring (bicyclic) bond motifs is 1. The van der Waals surface area contributed by atoms with Gasteiger partial charge in [-0.15, -0.1) is 0 Å². The number of nitrogens with zero attached hydrogens (tertiary/aromatic N) is 1. The molecule has 0 aliphatic carbocycles. The molecule has 2 rings (SSSR count). The molecule has 0 bridgehead atoms. The fourth-order valence-corrected chi connectivity index (χ4v) is 2.76. The second-order valence-electron chi connectivity index (χ2n) is 3.47. The molecule has 1 aromatic carbocycles. The zero-order valence-corrected chi connectivity index (χ0v) is 10.3. The average Bonchev–Trinajstić information content (AvgIpc) is 2.52. The van der Waals surface area contributed by atoms with Crippen LogP contribution in [0.25, 0.3) is 10.9 Å². The van der Waals surface area contributed by atoms with E-state index in [1.807, 2.05) is 25.2 Å². The number of benzene rings is 1. The smallest absolute Gasteiger partial charge is 0.0723 e. The van der Waals surface area contributed by atoms with Crippen LogP contribution in [0.2, 0.25) is 0 Å². The molecule has 2 N–H and O–H groups in total. The summed E-state index contributed by atoms with van der Waals surface area (Å²) in [5.74, 6) is 0. The first kappa shape index (κ1) is 10.4. The summed E-state index contributed by atoms with van der Waals surface area (Å²) < 4.78 is 7.15. The number of hydrogen-bond donors (Lipinski definition) is 1. The number of hydrogen-bond acceptors (Lipinski definition) is 3. The van der Waals surface area contributed by atoms with E-state index in [2.05, 4.69) is 15.7 Å². The van der Waals surface area contributed by atoms with E-state index in [9.17, 15) is 0 Å². The molecular weight excluding hydrogens is 212 g/mol. The molecule has 0 aliphatic heterocycles. The van der Waals surface area contributed by atoms with E-state index in [4.69, 9.17) is 10.1 Å². The van der Waals surface area contributed by atoms with Gasteiger partial charge in [0.25, 0.3) is 0 Å². The lowest BCUT2D eigenvalue weighted by atomic mass is 10.2. The molecule has 0 radical (unpaired) electrons. The second-order valence-corrected chi connectivity index (χ2v) is 4.76. The lowest BCUT2D eigenvalue weighted by Crippen LogP contribution is -1.85. The highest BCUT2D eigenvalue weighted by Crippen LogP contribution is 2.31. The van der Waals surface area contributed by atoms with Crippen LogP contribution in [0, 0.1) is 0 Å². The topological polar surface area (TPSA) is 49.4 Å². The van der Waals surface area contributed by atoms with Gasteiger partial charge < -0.3 is 10.3 Å². The molecule has 1 aromatic heterocycles. The Morgan fingerprint density at radius 3 is 2.93 bits per heavy atom. The first-order valence-corrected chi connectivity index (χ1v) is 6.00. The van der Waals surface area contributed by atoms with Crippen molar-refractivity contribution in [3.8, 4) is 0 Å². The maximum absolute atomic E-state index is 5.76. The van der Waals surface area contributed by atoms with Gasteiger partial charge in [0, 0.05) is 34.7 Å². The van der Waals surface area contributed by atoms with Crippen LogP contribution >= 0.6 is 12.0 Å².